The summed E-state index contributed by atoms with van der Waals surface area (Å²) in [5.74, 6) is -0.717. The number of amides is 3. The molecule has 6 atom stereocenters. The van der Waals surface area contributed by atoms with Crippen LogP contribution in [0.25, 0.3) is 0 Å². The second-order valence-corrected chi connectivity index (χ2v) is 10.7. The van der Waals surface area contributed by atoms with Crippen molar-refractivity contribution in [2.75, 3.05) is 27.2 Å². The Bertz CT molecular complexity index is 950. The quantitative estimate of drug-likeness (QED) is 0.475. The molecule has 35 heavy (non-hydrogen) atoms. The zero-order valence-corrected chi connectivity index (χ0v) is 21.2. The second kappa shape index (κ2) is 10.2. The monoisotopic (exact) mass is 490 g/mol. The predicted octanol–water partition coefficient (Wildman–Crippen LogP) is -1.28. The summed E-state index contributed by atoms with van der Waals surface area (Å²) >= 11 is 0. The Morgan fingerprint density at radius 2 is 1.89 bits per heavy atom. The molecule has 4 heterocycles. The fourth-order valence-corrected chi connectivity index (χ4v) is 5.43. The number of aliphatic hydroxyl groups is 1. The smallest absolute Gasteiger partial charge is 0.243 e. The van der Waals surface area contributed by atoms with E-state index in [9.17, 15) is 19.5 Å². The zero-order valence-electron chi connectivity index (χ0n) is 21.2. The molecule has 1 aromatic rings. The van der Waals surface area contributed by atoms with Gasteiger partial charge in [-0.2, -0.15) is 0 Å². The van der Waals surface area contributed by atoms with Crippen molar-refractivity contribution in [1.29, 1.82) is 0 Å². The maximum atomic E-state index is 13.9. The zero-order chi connectivity index (χ0) is 25.4. The highest BCUT2D eigenvalue weighted by atomic mass is 16.3. The summed E-state index contributed by atoms with van der Waals surface area (Å²) in [4.78, 5) is 45.5. The molecule has 12 heteroatoms. The number of carbonyl (C=O) groups excluding carboxylic acids is 3. The van der Waals surface area contributed by atoms with Gasteiger partial charge in [-0.3, -0.25) is 19.3 Å². The number of aliphatic hydroxyl groups excluding tert-OH is 1. The fourth-order valence-electron chi connectivity index (χ4n) is 5.43. The van der Waals surface area contributed by atoms with E-state index in [0.717, 1.165) is 5.69 Å². The Kier molecular flexibility index (Phi) is 7.43. The van der Waals surface area contributed by atoms with Crippen LogP contribution < -0.4 is 10.6 Å². The summed E-state index contributed by atoms with van der Waals surface area (Å²) in [5.41, 5.74) is 0.819. The number of hydrogen-bond donors (Lipinski definition) is 3. The van der Waals surface area contributed by atoms with Crippen LogP contribution >= 0.6 is 0 Å². The predicted molar refractivity (Wildman–Crippen MR) is 127 cm³/mol. The summed E-state index contributed by atoms with van der Waals surface area (Å²) in [6.07, 6.45) is 1.62. The molecule has 12 nitrogen and oxygen atoms in total. The van der Waals surface area contributed by atoms with Crippen molar-refractivity contribution in [3.8, 4) is 0 Å². The molecule has 4 rings (SSSR count). The highest BCUT2D eigenvalue weighted by molar-refractivity contribution is 5.91. The maximum absolute atomic E-state index is 13.9. The highest BCUT2D eigenvalue weighted by Gasteiger charge is 2.47. The van der Waals surface area contributed by atoms with E-state index in [0.29, 0.717) is 32.5 Å². The minimum Gasteiger partial charge on any atom is -0.390 e. The molecule has 3 aliphatic rings. The normalized spacial score (nSPS) is 32.8. The van der Waals surface area contributed by atoms with Crippen molar-refractivity contribution in [3.63, 3.8) is 0 Å². The van der Waals surface area contributed by atoms with Crippen molar-refractivity contribution in [2.45, 2.75) is 88.9 Å². The van der Waals surface area contributed by atoms with Crippen LogP contribution in [0.4, 0.5) is 0 Å². The molecule has 3 N–H and O–H groups in total. The van der Waals surface area contributed by atoms with Crippen LogP contribution in [-0.2, 0) is 20.9 Å². The van der Waals surface area contributed by atoms with Crippen molar-refractivity contribution >= 4 is 17.7 Å². The number of fused-ring (bicyclic) bond motifs is 3. The van der Waals surface area contributed by atoms with Crippen molar-refractivity contribution in [3.05, 3.63) is 11.9 Å². The molecule has 2 bridgehead atoms. The van der Waals surface area contributed by atoms with Crippen LogP contribution in [0.15, 0.2) is 6.20 Å². The van der Waals surface area contributed by atoms with Crippen molar-refractivity contribution in [2.24, 2.45) is 0 Å². The molecule has 0 spiro atoms. The minimum absolute atomic E-state index is 0.0963. The number of hydrogen-bond acceptors (Lipinski definition) is 8. The van der Waals surface area contributed by atoms with Crippen LogP contribution in [0.3, 0.4) is 0 Å². The van der Waals surface area contributed by atoms with Gasteiger partial charge in [0.1, 0.15) is 6.04 Å². The van der Waals surface area contributed by atoms with Gasteiger partial charge in [-0.15, -0.1) is 5.10 Å². The highest BCUT2D eigenvalue weighted by Crippen LogP contribution is 2.31. The van der Waals surface area contributed by atoms with Crippen LogP contribution in [0, 0.1) is 0 Å². The van der Waals surface area contributed by atoms with Gasteiger partial charge in [0.25, 0.3) is 0 Å². The first-order valence-electron chi connectivity index (χ1n) is 12.4. The summed E-state index contributed by atoms with van der Waals surface area (Å²) in [7, 11) is 3.91. The van der Waals surface area contributed by atoms with Crippen molar-refractivity contribution in [1.82, 2.24) is 40.3 Å². The van der Waals surface area contributed by atoms with Crippen LogP contribution in [0.2, 0.25) is 0 Å². The second-order valence-electron chi connectivity index (χ2n) is 10.7. The number of nitrogens with one attached hydrogen (secondary N) is 2. The topological polar surface area (TPSA) is 136 Å². The minimum atomic E-state index is -1.02. The van der Waals surface area contributed by atoms with Gasteiger partial charge in [-0.05, 0) is 41.3 Å². The Hall–Kier alpha value is -2.57. The van der Waals surface area contributed by atoms with Gasteiger partial charge >= 0.3 is 0 Å². The molecule has 1 aromatic heterocycles. The molecule has 0 radical (unpaired) electrons. The molecular formula is C23H38N8O4. The fraction of sp³-hybridized carbons (Fsp3) is 0.783. The van der Waals surface area contributed by atoms with Crippen LogP contribution in [0.5, 0.6) is 0 Å². The van der Waals surface area contributed by atoms with E-state index in [1.807, 2.05) is 39.0 Å². The lowest BCUT2D eigenvalue weighted by Crippen LogP contribution is -2.55. The lowest BCUT2D eigenvalue weighted by Gasteiger charge is -2.33. The summed E-state index contributed by atoms with van der Waals surface area (Å²) in [6.45, 7) is 7.27. The van der Waals surface area contributed by atoms with E-state index in [4.69, 9.17) is 0 Å². The third-order valence-electron chi connectivity index (χ3n) is 7.27. The lowest BCUT2D eigenvalue weighted by atomic mass is 10.1. The molecule has 3 fully saturated rings. The molecule has 0 unspecified atom stereocenters. The molecule has 0 aliphatic carbocycles. The summed E-state index contributed by atoms with van der Waals surface area (Å²) in [6, 6.07) is -2.04. The summed E-state index contributed by atoms with van der Waals surface area (Å²) < 4.78 is 1.76. The SMILES string of the molecule is CC(C)N1C[C@@H]2C[C@H]1C(=O)N1C[C@@H](n3cc(CN(C)C)nn3)C[C@H]1C(=O)N[C@@H](C)[C@@H](O)CC(=O)N2. The number of likely N-dealkylation sites (tertiary alicyclic amines) is 1. The molecule has 0 saturated carbocycles. The number of aromatic nitrogens is 3. The number of carbonyl (C=O) groups is 3. The van der Waals surface area contributed by atoms with Gasteiger partial charge in [0, 0.05) is 38.1 Å². The lowest BCUT2D eigenvalue weighted by molar-refractivity contribution is -0.142. The van der Waals surface area contributed by atoms with Gasteiger partial charge < -0.3 is 25.5 Å². The van der Waals surface area contributed by atoms with Crippen molar-refractivity contribution < 1.29 is 19.5 Å². The van der Waals surface area contributed by atoms with Gasteiger partial charge in [0.15, 0.2) is 0 Å². The maximum Gasteiger partial charge on any atom is 0.243 e. The molecule has 194 valence electrons. The average Bonchev–Trinajstić information content (AvgIpc) is 3.49. The van der Waals surface area contributed by atoms with Gasteiger partial charge in [0.2, 0.25) is 17.7 Å². The Morgan fingerprint density at radius 1 is 1.14 bits per heavy atom. The molecule has 3 amide bonds. The van der Waals surface area contributed by atoms with E-state index in [1.165, 1.54) is 0 Å². The summed E-state index contributed by atoms with van der Waals surface area (Å²) in [5, 5.41) is 24.9. The first-order valence-corrected chi connectivity index (χ1v) is 12.4. The van der Waals surface area contributed by atoms with E-state index in [-0.39, 0.29) is 42.3 Å². The van der Waals surface area contributed by atoms with Crippen LogP contribution in [-0.4, -0.2) is 116 Å². The Morgan fingerprint density at radius 3 is 2.57 bits per heavy atom. The van der Waals surface area contributed by atoms with E-state index in [2.05, 4.69) is 25.8 Å². The third kappa shape index (κ3) is 5.49. The molecule has 3 aliphatic heterocycles. The van der Waals surface area contributed by atoms with E-state index >= 15 is 0 Å². The van der Waals surface area contributed by atoms with Gasteiger partial charge in [-0.25, -0.2) is 4.68 Å². The largest absolute Gasteiger partial charge is 0.390 e. The number of rotatable bonds is 4. The first-order chi connectivity index (χ1) is 16.5. The first kappa shape index (κ1) is 25.5. The standard InChI is InChI=1S/C23H38N8O4/c1-13(2)29-10-15-6-19(29)23(35)30-12-17(31-11-16(26-27-31)9-28(4)5)7-18(30)22(34)24-14(3)20(32)8-21(33)25-15/h11,13-15,17-20,32H,6-10,12H2,1-5H3,(H,24,34)(H,25,33)/t14-,15-,17-,18-,19-,20-/m0/s1. The number of nitrogens with zero attached hydrogens (tertiary/aromatic N) is 6. The third-order valence-corrected chi connectivity index (χ3v) is 7.27. The van der Waals surface area contributed by atoms with E-state index in [1.54, 1.807) is 16.5 Å². The Labute approximate surface area is 206 Å². The molecular weight excluding hydrogens is 452 g/mol. The van der Waals surface area contributed by atoms with E-state index < -0.39 is 24.2 Å². The average molecular weight is 491 g/mol. The molecule has 3 saturated heterocycles. The van der Waals surface area contributed by atoms with Gasteiger partial charge in [0.05, 0.1) is 42.5 Å². The van der Waals surface area contributed by atoms with Gasteiger partial charge in [-0.1, -0.05) is 5.21 Å². The van der Waals surface area contributed by atoms with Crippen LogP contribution in [0.1, 0.15) is 51.8 Å². The Balaban J connectivity index is 1.63. The molecule has 0 aromatic carbocycles.